The van der Waals surface area contributed by atoms with E-state index < -0.39 is 11.8 Å². The molecule has 0 aliphatic heterocycles. The van der Waals surface area contributed by atoms with Crippen LogP contribution in [0.15, 0.2) is 70.4 Å². The van der Waals surface area contributed by atoms with Gasteiger partial charge in [-0.3, -0.25) is 14.4 Å². The number of halogens is 1. The zero-order valence-electron chi connectivity index (χ0n) is 17.6. The van der Waals surface area contributed by atoms with Gasteiger partial charge in [0.05, 0.1) is 19.0 Å². The number of hydrogen-bond acceptors (Lipinski definition) is 6. The van der Waals surface area contributed by atoms with Crippen molar-refractivity contribution in [3.05, 3.63) is 82.8 Å². The second-order valence-electron chi connectivity index (χ2n) is 6.80. The van der Waals surface area contributed by atoms with Gasteiger partial charge < -0.3 is 19.8 Å². The molecule has 0 aliphatic carbocycles. The van der Waals surface area contributed by atoms with Gasteiger partial charge in [-0.25, -0.2) is 5.43 Å². The lowest BCUT2D eigenvalue weighted by atomic mass is 10.2. The van der Waals surface area contributed by atoms with Crippen LogP contribution in [0.1, 0.15) is 16.9 Å². The normalized spacial score (nSPS) is 10.6. The van der Waals surface area contributed by atoms with Gasteiger partial charge >= 0.3 is 11.8 Å². The highest BCUT2D eigenvalue weighted by molar-refractivity contribution is 6.35. The van der Waals surface area contributed by atoms with Gasteiger partial charge in [0.1, 0.15) is 11.5 Å². The van der Waals surface area contributed by atoms with Crippen LogP contribution in [0.5, 0.6) is 5.75 Å². The monoisotopic (exact) mass is 468 g/mol. The fourth-order valence-electron chi connectivity index (χ4n) is 2.60. The Kier molecular flexibility index (Phi) is 8.20. The van der Waals surface area contributed by atoms with E-state index in [2.05, 4.69) is 21.2 Å². The molecule has 3 aromatic rings. The minimum atomic E-state index is -0.938. The first kappa shape index (κ1) is 23.6. The maximum Gasteiger partial charge on any atom is 0.329 e. The van der Waals surface area contributed by atoms with Gasteiger partial charge in [0.2, 0.25) is 0 Å². The van der Waals surface area contributed by atoms with E-state index in [1.54, 1.807) is 54.6 Å². The molecule has 0 aliphatic rings. The average Bonchev–Trinajstić information content (AvgIpc) is 3.33. The average molecular weight is 469 g/mol. The van der Waals surface area contributed by atoms with Gasteiger partial charge in [-0.1, -0.05) is 29.8 Å². The summed E-state index contributed by atoms with van der Waals surface area (Å²) in [7, 11) is 0. The molecule has 1 heterocycles. The van der Waals surface area contributed by atoms with Crippen molar-refractivity contribution in [2.75, 3.05) is 11.9 Å². The standard InChI is InChI=1S/C23H21ClN4O5/c1-15-8-9-17(11-19(15)24)27-21(29)14-33-20-7-3-2-5-16(20)12-26-28-23(31)22(30)25-13-18-6-4-10-32-18/h2-12H,13-14H2,1H3,(H,25,30)(H,27,29)(H,28,31)/b26-12-. The van der Waals surface area contributed by atoms with Crippen LogP contribution in [0, 0.1) is 6.92 Å². The van der Waals surface area contributed by atoms with Crippen molar-refractivity contribution < 1.29 is 23.5 Å². The Hall–Kier alpha value is -4.11. The summed E-state index contributed by atoms with van der Waals surface area (Å²) >= 11 is 6.07. The SMILES string of the molecule is Cc1ccc(NC(=O)COc2ccccc2/C=N\NC(=O)C(=O)NCc2ccco2)cc1Cl. The predicted molar refractivity (Wildman–Crippen MR) is 123 cm³/mol. The van der Waals surface area contributed by atoms with Crippen LogP contribution in [-0.2, 0) is 20.9 Å². The number of furan rings is 1. The van der Waals surface area contributed by atoms with E-state index in [4.69, 9.17) is 20.8 Å². The van der Waals surface area contributed by atoms with Crippen LogP contribution in [-0.4, -0.2) is 30.5 Å². The van der Waals surface area contributed by atoms with Crippen molar-refractivity contribution >= 4 is 41.2 Å². The van der Waals surface area contributed by atoms with Gasteiger partial charge in [0, 0.05) is 16.3 Å². The Balaban J connectivity index is 1.50. The predicted octanol–water partition coefficient (Wildman–Crippen LogP) is 3.03. The van der Waals surface area contributed by atoms with E-state index in [9.17, 15) is 14.4 Å². The molecule has 10 heteroatoms. The van der Waals surface area contributed by atoms with Crippen molar-refractivity contribution in [1.29, 1.82) is 0 Å². The lowest BCUT2D eigenvalue weighted by Crippen LogP contribution is -2.37. The number of hydrogen-bond donors (Lipinski definition) is 3. The number of carbonyl (C=O) groups is 3. The lowest BCUT2D eigenvalue weighted by Gasteiger charge is -2.10. The third kappa shape index (κ3) is 7.22. The van der Waals surface area contributed by atoms with E-state index in [1.807, 2.05) is 6.92 Å². The minimum Gasteiger partial charge on any atom is -0.483 e. The molecule has 0 spiro atoms. The first-order valence-electron chi connectivity index (χ1n) is 9.84. The van der Waals surface area contributed by atoms with E-state index in [0.29, 0.717) is 27.8 Å². The number of aryl methyl sites for hydroxylation is 1. The molecular weight excluding hydrogens is 448 g/mol. The maximum atomic E-state index is 12.2. The number of rotatable bonds is 8. The lowest BCUT2D eigenvalue weighted by molar-refractivity contribution is -0.139. The Morgan fingerprint density at radius 3 is 2.67 bits per heavy atom. The van der Waals surface area contributed by atoms with Crippen LogP contribution in [0.4, 0.5) is 5.69 Å². The van der Waals surface area contributed by atoms with E-state index in [1.165, 1.54) is 12.5 Å². The first-order valence-corrected chi connectivity index (χ1v) is 10.2. The molecule has 170 valence electrons. The van der Waals surface area contributed by atoms with Gasteiger partial charge in [0.25, 0.3) is 5.91 Å². The van der Waals surface area contributed by atoms with Crippen molar-refractivity contribution in [3.8, 4) is 5.75 Å². The number of para-hydroxylation sites is 1. The molecule has 3 N–H and O–H groups in total. The second kappa shape index (κ2) is 11.5. The number of ether oxygens (including phenoxy) is 1. The van der Waals surface area contributed by atoms with Crippen LogP contribution < -0.4 is 20.8 Å². The maximum absolute atomic E-state index is 12.2. The van der Waals surface area contributed by atoms with Crippen LogP contribution in [0.25, 0.3) is 0 Å². The molecule has 33 heavy (non-hydrogen) atoms. The topological polar surface area (TPSA) is 122 Å². The summed E-state index contributed by atoms with van der Waals surface area (Å²) in [5, 5.41) is 9.44. The highest BCUT2D eigenvalue weighted by Crippen LogP contribution is 2.20. The van der Waals surface area contributed by atoms with Gasteiger partial charge in [-0.05, 0) is 48.9 Å². The van der Waals surface area contributed by atoms with E-state index in [-0.39, 0.29) is 19.1 Å². The molecule has 3 rings (SSSR count). The summed E-state index contributed by atoms with van der Waals surface area (Å²) in [5.41, 5.74) is 4.10. The van der Waals surface area contributed by atoms with Crippen LogP contribution >= 0.6 is 11.6 Å². The number of amides is 3. The molecule has 0 bridgehead atoms. The van der Waals surface area contributed by atoms with Crippen molar-refractivity contribution in [2.45, 2.75) is 13.5 Å². The Morgan fingerprint density at radius 1 is 1.09 bits per heavy atom. The molecule has 0 radical (unpaired) electrons. The molecular formula is C23H21ClN4O5. The zero-order chi connectivity index (χ0) is 23.6. The smallest absolute Gasteiger partial charge is 0.329 e. The quantitative estimate of drug-likeness (QED) is 0.266. The molecule has 9 nitrogen and oxygen atoms in total. The summed E-state index contributed by atoms with van der Waals surface area (Å²) in [5.74, 6) is -1.29. The molecule has 0 saturated heterocycles. The van der Waals surface area contributed by atoms with Crippen LogP contribution in [0.2, 0.25) is 5.02 Å². The molecule has 2 aromatic carbocycles. The van der Waals surface area contributed by atoms with Crippen molar-refractivity contribution in [2.24, 2.45) is 5.10 Å². The van der Waals surface area contributed by atoms with Gasteiger partial charge in [0.15, 0.2) is 6.61 Å². The third-order valence-electron chi connectivity index (χ3n) is 4.31. The summed E-state index contributed by atoms with van der Waals surface area (Å²) in [4.78, 5) is 35.8. The first-order chi connectivity index (χ1) is 15.9. The molecule has 0 unspecified atom stereocenters. The number of hydrazone groups is 1. The number of nitrogens with zero attached hydrogens (tertiary/aromatic N) is 1. The summed E-state index contributed by atoms with van der Waals surface area (Å²) in [6.07, 6.45) is 2.78. The number of nitrogens with one attached hydrogen (secondary N) is 3. The summed E-state index contributed by atoms with van der Waals surface area (Å²) in [6, 6.07) is 15.3. The van der Waals surface area contributed by atoms with Crippen LogP contribution in [0.3, 0.4) is 0 Å². The molecule has 0 saturated carbocycles. The second-order valence-corrected chi connectivity index (χ2v) is 7.21. The fourth-order valence-corrected chi connectivity index (χ4v) is 2.78. The number of benzene rings is 2. The Bertz CT molecular complexity index is 1160. The van der Waals surface area contributed by atoms with Crippen molar-refractivity contribution in [3.63, 3.8) is 0 Å². The van der Waals surface area contributed by atoms with Gasteiger partial charge in [-0.15, -0.1) is 0 Å². The summed E-state index contributed by atoms with van der Waals surface area (Å²) < 4.78 is 10.6. The largest absolute Gasteiger partial charge is 0.483 e. The molecule has 0 fully saturated rings. The molecule has 0 atom stereocenters. The highest BCUT2D eigenvalue weighted by Gasteiger charge is 2.13. The van der Waals surface area contributed by atoms with Crippen molar-refractivity contribution in [1.82, 2.24) is 10.7 Å². The molecule has 3 amide bonds. The zero-order valence-corrected chi connectivity index (χ0v) is 18.4. The number of carbonyl (C=O) groups excluding carboxylic acids is 3. The Labute approximate surface area is 194 Å². The summed E-state index contributed by atoms with van der Waals surface area (Å²) in [6.45, 7) is 1.69. The van der Waals surface area contributed by atoms with E-state index in [0.717, 1.165) is 5.56 Å². The molecule has 1 aromatic heterocycles. The number of anilines is 1. The Morgan fingerprint density at radius 2 is 1.91 bits per heavy atom. The highest BCUT2D eigenvalue weighted by atomic mass is 35.5. The minimum absolute atomic E-state index is 0.0799. The van der Waals surface area contributed by atoms with E-state index >= 15 is 0 Å². The fraction of sp³-hybridized carbons (Fsp3) is 0.130. The third-order valence-corrected chi connectivity index (χ3v) is 4.72. The van der Waals surface area contributed by atoms with Gasteiger partial charge in [-0.2, -0.15) is 5.10 Å².